The Bertz CT molecular complexity index is 900. The van der Waals surface area contributed by atoms with Gasteiger partial charge >= 0.3 is 0 Å². The average Bonchev–Trinajstić information content (AvgIpc) is 2.95. The van der Waals surface area contributed by atoms with Gasteiger partial charge in [0.1, 0.15) is 0 Å². The molecule has 1 N–H and O–H groups in total. The first-order valence-corrected chi connectivity index (χ1v) is 7.97. The van der Waals surface area contributed by atoms with Gasteiger partial charge in [-0.25, -0.2) is 0 Å². The first-order chi connectivity index (χ1) is 12.6. The maximum atomic E-state index is 12.1. The lowest BCUT2D eigenvalue weighted by atomic mass is 10.1. The predicted octanol–water partition coefficient (Wildman–Crippen LogP) is 3.14. The molecule has 0 radical (unpaired) electrons. The van der Waals surface area contributed by atoms with E-state index in [0.717, 1.165) is 0 Å². The van der Waals surface area contributed by atoms with Crippen LogP contribution in [-0.4, -0.2) is 39.2 Å². The Kier molecular flexibility index (Phi) is 5.09. The number of amides is 1. The number of fused-ring (bicyclic) bond motifs is 1. The minimum Gasteiger partial charge on any atom is -0.493 e. The van der Waals surface area contributed by atoms with E-state index in [1.807, 2.05) is 0 Å². The van der Waals surface area contributed by atoms with Crippen molar-refractivity contribution in [3.05, 3.63) is 46.5 Å². The topological polar surface area (TPSA) is 81.5 Å². The van der Waals surface area contributed by atoms with Crippen molar-refractivity contribution in [2.45, 2.75) is 0 Å². The second kappa shape index (κ2) is 7.45. The molecule has 0 saturated carbocycles. The van der Waals surface area contributed by atoms with E-state index >= 15 is 0 Å². The zero-order valence-corrected chi connectivity index (χ0v) is 15.1. The van der Waals surface area contributed by atoms with Crippen LogP contribution in [0.5, 0.6) is 17.2 Å². The van der Waals surface area contributed by atoms with Gasteiger partial charge in [-0.15, -0.1) is 5.10 Å². The molecule has 26 heavy (non-hydrogen) atoms. The van der Waals surface area contributed by atoms with Crippen molar-refractivity contribution < 1.29 is 19.0 Å². The van der Waals surface area contributed by atoms with Gasteiger partial charge in [-0.3, -0.25) is 4.79 Å². The van der Waals surface area contributed by atoms with Crippen molar-refractivity contribution >= 4 is 35.1 Å². The predicted molar refractivity (Wildman–Crippen MR) is 100 cm³/mol. The van der Waals surface area contributed by atoms with Crippen molar-refractivity contribution in [2.75, 3.05) is 26.6 Å². The summed E-state index contributed by atoms with van der Waals surface area (Å²) >= 11 is 5.99. The summed E-state index contributed by atoms with van der Waals surface area (Å²) in [4.78, 5) is 12.1. The van der Waals surface area contributed by atoms with Crippen LogP contribution in [0.2, 0.25) is 5.02 Å². The molecule has 0 saturated heterocycles. The largest absolute Gasteiger partial charge is 0.493 e. The maximum absolute atomic E-state index is 12.1. The smallest absolute Gasteiger partial charge is 0.276 e. The third-order valence-corrected chi connectivity index (χ3v) is 3.99. The number of hydrogen-bond donors (Lipinski definition) is 1. The second-order valence-electron chi connectivity index (χ2n) is 5.30. The monoisotopic (exact) mass is 373 g/mol. The zero-order chi connectivity index (χ0) is 18.7. The van der Waals surface area contributed by atoms with Crippen LogP contribution < -0.4 is 19.5 Å². The third-order valence-electron chi connectivity index (χ3n) is 3.75. The number of rotatable bonds is 5. The fourth-order valence-corrected chi connectivity index (χ4v) is 2.73. The van der Waals surface area contributed by atoms with Gasteiger partial charge in [-0.1, -0.05) is 11.6 Å². The van der Waals surface area contributed by atoms with E-state index in [1.54, 1.807) is 30.3 Å². The van der Waals surface area contributed by atoms with E-state index in [9.17, 15) is 4.79 Å². The van der Waals surface area contributed by atoms with E-state index in [2.05, 4.69) is 15.5 Å². The highest BCUT2D eigenvalue weighted by Gasteiger charge is 2.26. The summed E-state index contributed by atoms with van der Waals surface area (Å²) in [6, 6.07) is 8.54. The fraction of sp³-hybridized carbons (Fsp3) is 0.167. The lowest BCUT2D eigenvalue weighted by Gasteiger charge is -2.12. The first-order valence-electron chi connectivity index (χ1n) is 7.59. The van der Waals surface area contributed by atoms with Crippen LogP contribution in [-0.2, 0) is 4.79 Å². The Morgan fingerprint density at radius 2 is 1.73 bits per heavy atom. The van der Waals surface area contributed by atoms with Gasteiger partial charge in [-0.05, 0) is 30.3 Å². The molecule has 0 fully saturated rings. The molecule has 1 amide bonds. The molecule has 7 nitrogen and oxygen atoms in total. The average molecular weight is 374 g/mol. The quantitative estimate of drug-likeness (QED) is 0.644. The number of anilines is 1. The molecule has 2 aromatic carbocycles. The lowest BCUT2D eigenvalue weighted by molar-refractivity contribution is -0.110. The van der Waals surface area contributed by atoms with E-state index in [-0.39, 0.29) is 11.6 Å². The van der Waals surface area contributed by atoms with E-state index in [0.29, 0.717) is 39.1 Å². The van der Waals surface area contributed by atoms with Crippen LogP contribution in [0.3, 0.4) is 0 Å². The summed E-state index contributed by atoms with van der Waals surface area (Å²) in [5.74, 6) is 1.15. The van der Waals surface area contributed by atoms with Gasteiger partial charge in [-0.2, -0.15) is 5.10 Å². The van der Waals surface area contributed by atoms with Crippen molar-refractivity contribution in [1.29, 1.82) is 0 Å². The lowest BCUT2D eigenvalue weighted by Crippen LogP contribution is -2.13. The van der Waals surface area contributed by atoms with E-state index < -0.39 is 0 Å². The Morgan fingerprint density at radius 1 is 1.04 bits per heavy atom. The Balaban J connectivity index is 1.93. The van der Waals surface area contributed by atoms with Gasteiger partial charge in [0.05, 0.1) is 33.2 Å². The molecular weight excluding hydrogens is 358 g/mol. The second-order valence-corrected chi connectivity index (χ2v) is 5.73. The number of nitrogens with one attached hydrogen (secondary N) is 1. The van der Waals surface area contributed by atoms with Gasteiger partial charge in [0.15, 0.2) is 17.2 Å². The first kappa shape index (κ1) is 17.8. The number of carbonyl (C=O) groups excluding carboxylic acids is 1. The molecule has 0 bridgehead atoms. The maximum Gasteiger partial charge on any atom is 0.276 e. The summed E-state index contributed by atoms with van der Waals surface area (Å²) < 4.78 is 15.9. The van der Waals surface area contributed by atoms with E-state index in [1.165, 1.54) is 27.5 Å². The van der Waals surface area contributed by atoms with Crippen molar-refractivity contribution in [1.82, 2.24) is 0 Å². The Labute approximate surface area is 155 Å². The fourth-order valence-electron chi connectivity index (χ4n) is 2.55. The summed E-state index contributed by atoms with van der Waals surface area (Å²) in [6.45, 7) is 0. The zero-order valence-electron chi connectivity index (χ0n) is 14.4. The molecule has 8 heteroatoms. The summed E-state index contributed by atoms with van der Waals surface area (Å²) in [7, 11) is 4.59. The number of ether oxygens (including phenoxy) is 3. The SMILES string of the molecule is COc1cc(C=NN=C2C(=O)Nc3ccc(Cl)cc32)cc(OC)c1OC. The highest BCUT2D eigenvalue weighted by atomic mass is 35.5. The number of nitrogens with zero attached hydrogens (tertiary/aromatic N) is 2. The van der Waals surface area contributed by atoms with Gasteiger partial charge in [0.2, 0.25) is 5.75 Å². The molecule has 0 spiro atoms. The van der Waals surface area contributed by atoms with E-state index in [4.69, 9.17) is 25.8 Å². The number of hydrogen-bond acceptors (Lipinski definition) is 6. The minimum absolute atomic E-state index is 0.200. The molecule has 0 aliphatic carbocycles. The normalized spacial score (nSPS) is 14.5. The molecule has 0 aromatic heterocycles. The summed E-state index contributed by atoms with van der Waals surface area (Å²) in [5, 5.41) is 11.3. The van der Waals surface area contributed by atoms with Gasteiger partial charge in [0.25, 0.3) is 5.91 Å². The summed E-state index contributed by atoms with van der Waals surface area (Å²) in [6.07, 6.45) is 1.49. The van der Waals surface area contributed by atoms with Crippen molar-refractivity contribution in [3.63, 3.8) is 0 Å². The van der Waals surface area contributed by atoms with Gasteiger partial charge < -0.3 is 19.5 Å². The van der Waals surface area contributed by atoms with Gasteiger partial charge in [0, 0.05) is 16.1 Å². The Hall–Kier alpha value is -3.06. The van der Waals surface area contributed by atoms with Crippen LogP contribution in [0.4, 0.5) is 5.69 Å². The Morgan fingerprint density at radius 3 is 2.35 bits per heavy atom. The van der Waals surface area contributed by atoms with Crippen LogP contribution in [0.15, 0.2) is 40.5 Å². The highest BCUT2D eigenvalue weighted by molar-refractivity contribution is 6.54. The molecule has 2 aromatic rings. The standard InChI is InChI=1S/C18H16ClN3O4/c1-24-14-6-10(7-15(25-2)17(14)26-3)9-20-22-16-12-8-11(19)4-5-13(12)21-18(16)23/h4-9H,1-3H3,(H,21,22,23). The molecule has 1 aliphatic heterocycles. The van der Waals surface area contributed by atoms with Crippen molar-refractivity contribution in [3.8, 4) is 17.2 Å². The van der Waals surface area contributed by atoms with Crippen LogP contribution in [0, 0.1) is 0 Å². The van der Waals surface area contributed by atoms with Crippen LogP contribution in [0.1, 0.15) is 11.1 Å². The van der Waals surface area contributed by atoms with Crippen LogP contribution in [0.25, 0.3) is 0 Å². The van der Waals surface area contributed by atoms with Crippen LogP contribution >= 0.6 is 11.6 Å². The molecule has 1 heterocycles. The third kappa shape index (κ3) is 3.34. The molecule has 134 valence electrons. The molecular formula is C18H16ClN3O4. The molecule has 0 unspecified atom stereocenters. The number of methoxy groups -OCH3 is 3. The molecule has 0 atom stereocenters. The highest BCUT2D eigenvalue weighted by Crippen LogP contribution is 2.37. The number of halogens is 1. The molecule has 3 rings (SSSR count). The van der Waals surface area contributed by atoms with Crippen molar-refractivity contribution in [2.24, 2.45) is 10.2 Å². The number of benzene rings is 2. The summed E-state index contributed by atoms with van der Waals surface area (Å²) in [5.41, 5.74) is 2.14. The number of carbonyl (C=O) groups is 1. The minimum atomic E-state index is -0.329. The molecule has 1 aliphatic rings.